The van der Waals surface area contributed by atoms with Gasteiger partial charge in [0.1, 0.15) is 4.34 Å². The third-order valence-corrected chi connectivity index (χ3v) is 4.03. The second-order valence-electron chi connectivity index (χ2n) is 2.87. The molecular formula is C10H8Cl2S. The first-order chi connectivity index (χ1) is 6.22. The van der Waals surface area contributed by atoms with E-state index in [0.717, 1.165) is 11.8 Å². The monoisotopic (exact) mass is 230 g/mol. The van der Waals surface area contributed by atoms with Gasteiger partial charge in [-0.15, -0.1) is 11.3 Å². The number of benzene rings is 1. The van der Waals surface area contributed by atoms with Crippen molar-refractivity contribution in [3.8, 4) is 0 Å². The number of fused-ring (bicyclic) bond motifs is 1. The summed E-state index contributed by atoms with van der Waals surface area (Å²) >= 11 is 13.5. The summed E-state index contributed by atoms with van der Waals surface area (Å²) in [4.78, 5) is 0. The van der Waals surface area contributed by atoms with Crippen molar-refractivity contribution >= 4 is 44.6 Å². The van der Waals surface area contributed by atoms with Crippen molar-refractivity contribution in [2.75, 3.05) is 0 Å². The Balaban J connectivity index is 2.73. The van der Waals surface area contributed by atoms with Crippen LogP contribution in [0, 0.1) is 0 Å². The minimum absolute atomic E-state index is 0.685. The van der Waals surface area contributed by atoms with E-state index in [4.69, 9.17) is 23.2 Å². The first kappa shape index (κ1) is 9.32. The highest BCUT2D eigenvalue weighted by molar-refractivity contribution is 7.23. The lowest BCUT2D eigenvalue weighted by Gasteiger charge is -1.95. The molecule has 0 fully saturated rings. The molecule has 0 spiro atoms. The van der Waals surface area contributed by atoms with Crippen LogP contribution in [-0.4, -0.2) is 0 Å². The van der Waals surface area contributed by atoms with Crippen molar-refractivity contribution < 1.29 is 0 Å². The van der Waals surface area contributed by atoms with Gasteiger partial charge in [0.2, 0.25) is 0 Å². The Morgan fingerprint density at radius 1 is 1.31 bits per heavy atom. The number of hydrogen-bond acceptors (Lipinski definition) is 1. The zero-order valence-corrected chi connectivity index (χ0v) is 9.43. The smallest absolute Gasteiger partial charge is 0.113 e. The summed E-state index contributed by atoms with van der Waals surface area (Å²) in [5.74, 6) is 0. The van der Waals surface area contributed by atoms with Gasteiger partial charge in [0.05, 0.1) is 5.02 Å². The number of hydrogen-bond donors (Lipinski definition) is 0. The number of thiophene rings is 1. The minimum atomic E-state index is 0.685. The van der Waals surface area contributed by atoms with Crippen molar-refractivity contribution in [3.05, 3.63) is 33.1 Å². The summed E-state index contributed by atoms with van der Waals surface area (Å²) in [5, 5.41) is 1.75. The number of halogens is 2. The van der Waals surface area contributed by atoms with E-state index in [2.05, 4.69) is 19.1 Å². The second kappa shape index (κ2) is 3.49. The van der Waals surface area contributed by atoms with Gasteiger partial charge in [-0.2, -0.15) is 0 Å². The van der Waals surface area contributed by atoms with Crippen LogP contribution in [0.15, 0.2) is 18.2 Å². The molecule has 0 saturated carbocycles. The Labute approximate surface area is 91.1 Å². The Morgan fingerprint density at radius 2 is 2.08 bits per heavy atom. The van der Waals surface area contributed by atoms with E-state index < -0.39 is 0 Å². The average Bonchev–Trinajstić information content (AvgIpc) is 2.42. The fraction of sp³-hybridized carbons (Fsp3) is 0.200. The molecule has 0 N–H and O–H groups in total. The number of rotatable bonds is 1. The van der Waals surface area contributed by atoms with E-state index >= 15 is 0 Å². The van der Waals surface area contributed by atoms with E-state index in [-0.39, 0.29) is 0 Å². The molecule has 2 aromatic rings. The fourth-order valence-electron chi connectivity index (χ4n) is 1.30. The van der Waals surface area contributed by atoms with Crippen molar-refractivity contribution in [2.24, 2.45) is 0 Å². The van der Waals surface area contributed by atoms with Gasteiger partial charge in [0.15, 0.2) is 0 Å². The zero-order chi connectivity index (χ0) is 9.42. The summed E-state index contributed by atoms with van der Waals surface area (Å²) < 4.78 is 1.86. The molecule has 0 bridgehead atoms. The summed E-state index contributed by atoms with van der Waals surface area (Å²) in [5.41, 5.74) is 1.32. The number of aryl methyl sites for hydroxylation is 1. The van der Waals surface area contributed by atoms with Crippen LogP contribution < -0.4 is 0 Å². The van der Waals surface area contributed by atoms with E-state index in [1.165, 1.54) is 10.3 Å². The van der Waals surface area contributed by atoms with Crippen LogP contribution in [0.2, 0.25) is 9.36 Å². The molecule has 0 radical (unpaired) electrons. The maximum absolute atomic E-state index is 6.02. The third kappa shape index (κ3) is 1.56. The second-order valence-corrected chi connectivity index (χ2v) is 4.91. The first-order valence-electron chi connectivity index (χ1n) is 4.08. The Hall–Kier alpha value is -0.240. The molecule has 3 heteroatoms. The standard InChI is InChI=1S/C10H8Cl2S/c1-2-6-3-4-7-8(5-6)13-10(12)9(7)11/h3-5H,2H2,1H3. The van der Waals surface area contributed by atoms with Gasteiger partial charge in [-0.25, -0.2) is 0 Å². The molecule has 0 amide bonds. The topological polar surface area (TPSA) is 0 Å². The van der Waals surface area contributed by atoms with Gasteiger partial charge in [-0.1, -0.05) is 42.3 Å². The van der Waals surface area contributed by atoms with Gasteiger partial charge in [-0.05, 0) is 18.1 Å². The van der Waals surface area contributed by atoms with Crippen LogP contribution in [0.1, 0.15) is 12.5 Å². The van der Waals surface area contributed by atoms with Crippen molar-refractivity contribution in [3.63, 3.8) is 0 Å². The Morgan fingerprint density at radius 3 is 2.77 bits per heavy atom. The predicted molar refractivity (Wildman–Crippen MR) is 61.2 cm³/mol. The molecule has 0 nitrogen and oxygen atoms in total. The molecule has 1 aromatic heterocycles. The van der Waals surface area contributed by atoms with Gasteiger partial charge >= 0.3 is 0 Å². The lowest BCUT2D eigenvalue weighted by Crippen LogP contribution is -1.76. The molecule has 68 valence electrons. The summed E-state index contributed by atoms with van der Waals surface area (Å²) in [6.45, 7) is 2.14. The van der Waals surface area contributed by atoms with Crippen LogP contribution >= 0.6 is 34.5 Å². The maximum Gasteiger partial charge on any atom is 0.113 e. The zero-order valence-electron chi connectivity index (χ0n) is 7.10. The van der Waals surface area contributed by atoms with Gasteiger partial charge in [-0.3, -0.25) is 0 Å². The van der Waals surface area contributed by atoms with Crippen LogP contribution in [0.4, 0.5) is 0 Å². The van der Waals surface area contributed by atoms with Crippen molar-refractivity contribution in [1.82, 2.24) is 0 Å². The Kier molecular flexibility index (Phi) is 2.50. The lowest BCUT2D eigenvalue weighted by molar-refractivity contribution is 1.15. The molecule has 0 saturated heterocycles. The summed E-state index contributed by atoms with van der Waals surface area (Å²) in [7, 11) is 0. The molecule has 0 unspecified atom stereocenters. The Bertz CT molecular complexity index is 445. The van der Waals surface area contributed by atoms with Crippen molar-refractivity contribution in [1.29, 1.82) is 0 Å². The molecule has 13 heavy (non-hydrogen) atoms. The van der Waals surface area contributed by atoms with Gasteiger partial charge in [0.25, 0.3) is 0 Å². The molecule has 0 aliphatic rings. The molecular weight excluding hydrogens is 223 g/mol. The lowest BCUT2D eigenvalue weighted by atomic mass is 10.1. The van der Waals surface area contributed by atoms with E-state index in [1.54, 1.807) is 11.3 Å². The molecule has 0 aliphatic heterocycles. The molecule has 0 aliphatic carbocycles. The highest BCUT2D eigenvalue weighted by Gasteiger charge is 2.07. The van der Waals surface area contributed by atoms with E-state index in [9.17, 15) is 0 Å². The first-order valence-corrected chi connectivity index (χ1v) is 5.66. The van der Waals surface area contributed by atoms with Crippen molar-refractivity contribution in [2.45, 2.75) is 13.3 Å². The van der Waals surface area contributed by atoms with E-state index in [0.29, 0.717) is 9.36 Å². The van der Waals surface area contributed by atoms with Gasteiger partial charge < -0.3 is 0 Å². The van der Waals surface area contributed by atoms with Gasteiger partial charge in [0, 0.05) is 10.1 Å². The van der Waals surface area contributed by atoms with Crippen LogP contribution in [0.3, 0.4) is 0 Å². The summed E-state index contributed by atoms with van der Waals surface area (Å²) in [6.07, 6.45) is 1.04. The van der Waals surface area contributed by atoms with E-state index in [1.807, 2.05) is 6.07 Å². The average molecular weight is 231 g/mol. The SMILES string of the molecule is CCc1ccc2c(Cl)c(Cl)sc2c1. The van der Waals surface area contributed by atoms with Crippen LogP contribution in [0.5, 0.6) is 0 Å². The highest BCUT2D eigenvalue weighted by atomic mass is 35.5. The third-order valence-electron chi connectivity index (χ3n) is 2.06. The molecule has 1 heterocycles. The summed E-state index contributed by atoms with van der Waals surface area (Å²) in [6, 6.07) is 6.29. The minimum Gasteiger partial charge on any atom is -0.122 e. The molecule has 0 atom stereocenters. The quantitative estimate of drug-likeness (QED) is 0.663. The fourth-order valence-corrected chi connectivity index (χ4v) is 2.87. The predicted octanol–water partition coefficient (Wildman–Crippen LogP) is 4.77. The maximum atomic E-state index is 6.02. The van der Waals surface area contributed by atoms with Crippen LogP contribution in [-0.2, 0) is 6.42 Å². The highest BCUT2D eigenvalue weighted by Crippen LogP contribution is 2.39. The normalized spacial score (nSPS) is 11.0. The molecule has 1 aromatic carbocycles. The largest absolute Gasteiger partial charge is 0.122 e. The molecule has 2 rings (SSSR count). The van der Waals surface area contributed by atoms with Crippen LogP contribution in [0.25, 0.3) is 10.1 Å².